The maximum Gasteiger partial charge on any atom is 0.251 e. The first-order valence-electron chi connectivity index (χ1n) is 10.9. The molecule has 1 aromatic heterocycles. The van der Waals surface area contributed by atoms with E-state index in [-0.39, 0.29) is 29.7 Å². The molecule has 1 aliphatic rings. The molecule has 1 fully saturated rings. The van der Waals surface area contributed by atoms with E-state index in [1.165, 1.54) is 4.88 Å². The largest absolute Gasteiger partial charge is 0.349 e. The van der Waals surface area contributed by atoms with E-state index >= 15 is 0 Å². The van der Waals surface area contributed by atoms with Gasteiger partial charge in [0.2, 0.25) is 11.8 Å². The lowest BCUT2D eigenvalue weighted by atomic mass is 10.0. The third kappa shape index (κ3) is 6.92. The zero-order chi connectivity index (χ0) is 22.2. The van der Waals surface area contributed by atoms with Crippen LogP contribution in [-0.4, -0.2) is 41.8 Å². The quantitative estimate of drug-likeness (QED) is 0.648. The highest BCUT2D eigenvalue weighted by atomic mass is 32.1. The number of likely N-dealkylation sites (tertiary alicyclic amines) is 1. The molecule has 0 radical (unpaired) electrons. The van der Waals surface area contributed by atoms with Crippen molar-refractivity contribution in [2.24, 2.45) is 5.92 Å². The molecule has 2 heterocycles. The monoisotopic (exact) mass is 441 g/mol. The van der Waals surface area contributed by atoms with E-state index < -0.39 is 0 Å². The summed E-state index contributed by atoms with van der Waals surface area (Å²) in [6.45, 7) is 5.16. The molecule has 0 unspecified atom stereocenters. The van der Waals surface area contributed by atoms with Crippen molar-refractivity contribution < 1.29 is 14.4 Å². The molecule has 0 atom stereocenters. The van der Waals surface area contributed by atoms with Crippen molar-refractivity contribution in [3.8, 4) is 0 Å². The van der Waals surface area contributed by atoms with Gasteiger partial charge in [-0.3, -0.25) is 14.4 Å². The van der Waals surface area contributed by atoms with E-state index in [1.807, 2.05) is 30.2 Å². The second kappa shape index (κ2) is 11.1. The highest BCUT2D eigenvalue weighted by molar-refractivity contribution is 7.09. The fraction of sp³-hybridized carbons (Fsp3) is 0.458. The Kier molecular flexibility index (Phi) is 8.23. The standard InChI is InChI=1S/C24H31N3O3S/c1-17(2)24(30)27-13-11-19(12-14-27)26-23(29)18-6-3-7-20(16-18)25-22(28)10-4-8-21-9-5-15-31-21/h3,5-7,9,15-17,19H,4,8,10-14H2,1-2H3,(H,25,28)(H,26,29). The molecule has 3 amide bonds. The highest BCUT2D eigenvalue weighted by Crippen LogP contribution is 2.16. The van der Waals surface area contributed by atoms with Crippen LogP contribution in [0.2, 0.25) is 0 Å². The van der Waals surface area contributed by atoms with Gasteiger partial charge >= 0.3 is 0 Å². The van der Waals surface area contributed by atoms with Crippen LogP contribution in [0.4, 0.5) is 5.69 Å². The number of nitrogens with one attached hydrogen (secondary N) is 2. The number of thiophene rings is 1. The SMILES string of the molecule is CC(C)C(=O)N1CCC(NC(=O)c2cccc(NC(=O)CCCc3cccs3)c2)CC1. The summed E-state index contributed by atoms with van der Waals surface area (Å²) in [6.07, 6.45) is 3.65. The van der Waals surface area contributed by atoms with Crippen LogP contribution in [0.15, 0.2) is 41.8 Å². The third-order valence-electron chi connectivity index (χ3n) is 5.45. The van der Waals surface area contributed by atoms with Crippen molar-refractivity contribution >= 4 is 34.7 Å². The minimum absolute atomic E-state index is 0.000199. The Morgan fingerprint density at radius 3 is 2.58 bits per heavy atom. The summed E-state index contributed by atoms with van der Waals surface area (Å²) in [5, 5.41) is 8.00. The number of benzene rings is 1. The Labute approximate surface area is 188 Å². The lowest BCUT2D eigenvalue weighted by molar-refractivity contribution is -0.135. The molecule has 7 heteroatoms. The molecule has 0 aliphatic carbocycles. The Balaban J connectivity index is 1.45. The molecule has 1 saturated heterocycles. The van der Waals surface area contributed by atoms with Crippen LogP contribution < -0.4 is 10.6 Å². The van der Waals surface area contributed by atoms with Gasteiger partial charge in [-0.2, -0.15) is 0 Å². The highest BCUT2D eigenvalue weighted by Gasteiger charge is 2.25. The Morgan fingerprint density at radius 2 is 1.90 bits per heavy atom. The molecule has 0 spiro atoms. The van der Waals surface area contributed by atoms with Crippen LogP contribution in [0.3, 0.4) is 0 Å². The Morgan fingerprint density at radius 1 is 1.13 bits per heavy atom. The van der Waals surface area contributed by atoms with Gasteiger partial charge in [0.25, 0.3) is 5.91 Å². The zero-order valence-electron chi connectivity index (χ0n) is 18.2. The first-order valence-corrected chi connectivity index (χ1v) is 11.8. The molecule has 31 heavy (non-hydrogen) atoms. The number of hydrogen-bond donors (Lipinski definition) is 2. The molecular weight excluding hydrogens is 410 g/mol. The lowest BCUT2D eigenvalue weighted by Gasteiger charge is -2.33. The van der Waals surface area contributed by atoms with Crippen molar-refractivity contribution in [1.82, 2.24) is 10.2 Å². The molecule has 0 saturated carbocycles. The number of piperidine rings is 1. The van der Waals surface area contributed by atoms with Crippen LogP contribution in [0.1, 0.15) is 54.8 Å². The van der Waals surface area contributed by atoms with E-state index in [1.54, 1.807) is 35.6 Å². The van der Waals surface area contributed by atoms with Gasteiger partial charge in [0.05, 0.1) is 0 Å². The summed E-state index contributed by atoms with van der Waals surface area (Å²) in [5.41, 5.74) is 1.16. The molecule has 2 aromatic rings. The summed E-state index contributed by atoms with van der Waals surface area (Å²) in [4.78, 5) is 40.2. The normalized spacial score (nSPS) is 14.5. The fourth-order valence-corrected chi connectivity index (χ4v) is 4.47. The number of anilines is 1. The summed E-state index contributed by atoms with van der Waals surface area (Å²) in [7, 11) is 0. The van der Waals surface area contributed by atoms with Gasteiger partial charge in [0, 0.05) is 47.6 Å². The van der Waals surface area contributed by atoms with E-state index in [0.717, 1.165) is 25.7 Å². The fourth-order valence-electron chi connectivity index (χ4n) is 3.72. The number of amides is 3. The topological polar surface area (TPSA) is 78.5 Å². The minimum Gasteiger partial charge on any atom is -0.349 e. The summed E-state index contributed by atoms with van der Waals surface area (Å²) >= 11 is 1.70. The summed E-state index contributed by atoms with van der Waals surface area (Å²) < 4.78 is 0. The van der Waals surface area contributed by atoms with Crippen molar-refractivity contribution in [2.75, 3.05) is 18.4 Å². The van der Waals surface area contributed by atoms with Gasteiger partial charge in [-0.1, -0.05) is 26.0 Å². The number of carbonyl (C=O) groups is 3. The second-order valence-electron chi connectivity index (χ2n) is 8.29. The van der Waals surface area contributed by atoms with Crippen LogP contribution in [0.5, 0.6) is 0 Å². The average molecular weight is 442 g/mol. The van der Waals surface area contributed by atoms with Crippen LogP contribution in [0.25, 0.3) is 0 Å². The first kappa shape index (κ1) is 23.0. The van der Waals surface area contributed by atoms with Crippen molar-refractivity contribution in [3.63, 3.8) is 0 Å². The first-order chi connectivity index (χ1) is 14.9. The van der Waals surface area contributed by atoms with Gasteiger partial charge in [0.15, 0.2) is 0 Å². The maximum atomic E-state index is 12.7. The van der Waals surface area contributed by atoms with Crippen LogP contribution in [-0.2, 0) is 16.0 Å². The predicted octanol–water partition coefficient (Wildman–Crippen LogP) is 4.09. The molecule has 166 valence electrons. The molecule has 6 nitrogen and oxygen atoms in total. The van der Waals surface area contributed by atoms with Crippen molar-refractivity contribution in [1.29, 1.82) is 0 Å². The molecule has 1 aromatic carbocycles. The summed E-state index contributed by atoms with van der Waals surface area (Å²) in [5.74, 6) is -0.0258. The van der Waals surface area contributed by atoms with E-state index in [4.69, 9.17) is 0 Å². The van der Waals surface area contributed by atoms with E-state index in [2.05, 4.69) is 16.7 Å². The van der Waals surface area contributed by atoms with Crippen LogP contribution >= 0.6 is 11.3 Å². The van der Waals surface area contributed by atoms with Crippen molar-refractivity contribution in [2.45, 2.75) is 52.0 Å². The third-order valence-corrected chi connectivity index (χ3v) is 6.39. The van der Waals surface area contributed by atoms with E-state index in [9.17, 15) is 14.4 Å². The number of carbonyl (C=O) groups excluding carboxylic acids is 3. The molecule has 1 aliphatic heterocycles. The lowest BCUT2D eigenvalue weighted by Crippen LogP contribution is -2.47. The van der Waals surface area contributed by atoms with Crippen LogP contribution in [0, 0.1) is 5.92 Å². The van der Waals surface area contributed by atoms with E-state index in [0.29, 0.717) is 30.8 Å². The number of rotatable bonds is 8. The van der Waals surface area contributed by atoms with Gasteiger partial charge < -0.3 is 15.5 Å². The number of hydrogen-bond acceptors (Lipinski definition) is 4. The van der Waals surface area contributed by atoms with Crippen molar-refractivity contribution in [3.05, 3.63) is 52.2 Å². The maximum absolute atomic E-state index is 12.7. The average Bonchev–Trinajstić information content (AvgIpc) is 3.27. The van der Waals surface area contributed by atoms with Gasteiger partial charge in [-0.25, -0.2) is 0 Å². The Bertz CT molecular complexity index is 887. The molecule has 2 N–H and O–H groups in total. The minimum atomic E-state index is -0.151. The molecule has 3 rings (SSSR count). The summed E-state index contributed by atoms with van der Waals surface area (Å²) in [6, 6.07) is 11.2. The molecular formula is C24H31N3O3S. The number of nitrogens with zero attached hydrogens (tertiary/aromatic N) is 1. The zero-order valence-corrected chi connectivity index (χ0v) is 19.0. The molecule has 0 bridgehead atoms. The van der Waals surface area contributed by atoms with Gasteiger partial charge in [0.1, 0.15) is 0 Å². The second-order valence-corrected chi connectivity index (χ2v) is 9.32. The van der Waals surface area contributed by atoms with Gasteiger partial charge in [-0.05, 0) is 55.3 Å². The number of aryl methyl sites for hydroxylation is 1. The smallest absolute Gasteiger partial charge is 0.251 e. The Hall–Kier alpha value is -2.67. The van der Waals surface area contributed by atoms with Gasteiger partial charge in [-0.15, -0.1) is 11.3 Å². The predicted molar refractivity (Wildman–Crippen MR) is 124 cm³/mol.